The quantitative estimate of drug-likeness (QED) is 0.635. The molecule has 0 spiro atoms. The van der Waals surface area contributed by atoms with Gasteiger partial charge in [0.25, 0.3) is 0 Å². The molecule has 1 aromatic rings. The highest BCUT2D eigenvalue weighted by Crippen LogP contribution is 2.21. The van der Waals surface area contributed by atoms with Crippen molar-refractivity contribution in [2.24, 2.45) is 0 Å². The first-order valence-electron chi connectivity index (χ1n) is 5.46. The molecule has 0 saturated carbocycles. The van der Waals surface area contributed by atoms with Crippen molar-refractivity contribution in [1.82, 2.24) is 4.72 Å². The zero-order valence-electron chi connectivity index (χ0n) is 10.4. The predicted octanol–water partition coefficient (Wildman–Crippen LogP) is 1.96. The molecule has 18 heavy (non-hydrogen) atoms. The van der Waals surface area contributed by atoms with Crippen LogP contribution in [0.1, 0.15) is 18.9 Å². The lowest BCUT2D eigenvalue weighted by Crippen LogP contribution is -2.32. The summed E-state index contributed by atoms with van der Waals surface area (Å²) < 4.78 is 39.8. The fraction of sp³-hybridized carbons (Fsp3) is 0.333. The summed E-state index contributed by atoms with van der Waals surface area (Å²) in [4.78, 5) is -0.00249. The van der Waals surface area contributed by atoms with Crippen molar-refractivity contribution >= 4 is 15.7 Å². The summed E-state index contributed by atoms with van der Waals surface area (Å²) in [5.41, 5.74) is 5.53. The Kier molecular flexibility index (Phi) is 4.48. The zero-order valence-corrected chi connectivity index (χ0v) is 11.2. The number of benzene rings is 1. The molecule has 0 saturated heterocycles. The average Bonchev–Trinajstić information content (AvgIpc) is 2.22. The van der Waals surface area contributed by atoms with E-state index in [4.69, 9.17) is 5.73 Å². The largest absolute Gasteiger partial charge is 0.396 e. The zero-order chi connectivity index (χ0) is 13.9. The van der Waals surface area contributed by atoms with Crippen LogP contribution in [0.5, 0.6) is 0 Å². The summed E-state index contributed by atoms with van der Waals surface area (Å²) in [5, 5.41) is 0. The molecule has 4 nitrogen and oxygen atoms in total. The molecular formula is C12H17FN2O2S. The first-order valence-corrected chi connectivity index (χ1v) is 6.95. The highest BCUT2D eigenvalue weighted by molar-refractivity contribution is 7.89. The van der Waals surface area contributed by atoms with Crippen molar-refractivity contribution in [3.05, 3.63) is 36.2 Å². The highest BCUT2D eigenvalue weighted by atomic mass is 32.2. The van der Waals surface area contributed by atoms with Crippen molar-refractivity contribution < 1.29 is 12.8 Å². The van der Waals surface area contributed by atoms with Gasteiger partial charge in [-0.1, -0.05) is 6.08 Å². The van der Waals surface area contributed by atoms with Crippen molar-refractivity contribution in [3.8, 4) is 0 Å². The third kappa shape index (κ3) is 3.30. The molecule has 1 atom stereocenters. The summed E-state index contributed by atoms with van der Waals surface area (Å²) in [6, 6.07) is 1.97. The number of anilines is 1. The fourth-order valence-electron chi connectivity index (χ4n) is 1.58. The Balaban J connectivity index is 3.13. The van der Waals surface area contributed by atoms with E-state index in [0.717, 1.165) is 12.1 Å². The van der Waals surface area contributed by atoms with E-state index in [9.17, 15) is 12.8 Å². The molecule has 0 radical (unpaired) electrons. The maximum Gasteiger partial charge on any atom is 0.241 e. The van der Waals surface area contributed by atoms with Crippen LogP contribution in [0.3, 0.4) is 0 Å². The van der Waals surface area contributed by atoms with Gasteiger partial charge in [0, 0.05) is 6.04 Å². The van der Waals surface area contributed by atoms with Gasteiger partial charge < -0.3 is 5.73 Å². The van der Waals surface area contributed by atoms with Crippen LogP contribution < -0.4 is 10.5 Å². The Morgan fingerprint density at radius 1 is 1.56 bits per heavy atom. The summed E-state index contributed by atoms with van der Waals surface area (Å²) in [6.45, 7) is 6.79. The number of hydrogen-bond acceptors (Lipinski definition) is 3. The summed E-state index contributed by atoms with van der Waals surface area (Å²) in [5.74, 6) is -0.620. The molecule has 6 heteroatoms. The minimum atomic E-state index is -3.70. The van der Waals surface area contributed by atoms with Gasteiger partial charge in [-0.3, -0.25) is 0 Å². The van der Waals surface area contributed by atoms with Crippen molar-refractivity contribution in [3.63, 3.8) is 0 Å². The number of halogens is 1. The fourth-order valence-corrected chi connectivity index (χ4v) is 3.10. The molecule has 0 aliphatic carbocycles. The molecular weight excluding hydrogens is 255 g/mol. The normalized spacial score (nSPS) is 13.3. The van der Waals surface area contributed by atoms with Gasteiger partial charge >= 0.3 is 0 Å². The van der Waals surface area contributed by atoms with E-state index >= 15 is 0 Å². The van der Waals surface area contributed by atoms with Crippen LogP contribution in [-0.2, 0) is 10.0 Å². The van der Waals surface area contributed by atoms with Gasteiger partial charge in [0.1, 0.15) is 5.82 Å². The van der Waals surface area contributed by atoms with Crippen LogP contribution in [0, 0.1) is 12.7 Å². The van der Waals surface area contributed by atoms with E-state index in [1.54, 1.807) is 13.0 Å². The molecule has 0 bridgehead atoms. The molecule has 0 fully saturated rings. The van der Waals surface area contributed by atoms with Crippen LogP contribution in [0.4, 0.5) is 10.1 Å². The minimum absolute atomic E-state index is 0.00249. The van der Waals surface area contributed by atoms with Gasteiger partial charge in [-0.05, 0) is 38.0 Å². The van der Waals surface area contributed by atoms with Crippen LogP contribution >= 0.6 is 0 Å². The molecule has 1 rings (SSSR count). The van der Waals surface area contributed by atoms with E-state index in [0.29, 0.717) is 12.0 Å². The third-order valence-electron chi connectivity index (χ3n) is 2.46. The number of hydrogen-bond donors (Lipinski definition) is 2. The van der Waals surface area contributed by atoms with Crippen molar-refractivity contribution in [2.45, 2.75) is 31.2 Å². The number of nitrogens with one attached hydrogen (secondary N) is 1. The van der Waals surface area contributed by atoms with Crippen LogP contribution in [0.2, 0.25) is 0 Å². The number of nitrogen functional groups attached to an aromatic ring is 1. The van der Waals surface area contributed by atoms with Crippen LogP contribution in [0.25, 0.3) is 0 Å². The standard InChI is InChI=1S/C12H17FN2O2S/c1-4-5-9(3)15-18(16,17)12-7-11(14)10(13)6-8(12)2/h4,6-7,9,15H,1,5,14H2,2-3H3. The maximum absolute atomic E-state index is 13.2. The lowest BCUT2D eigenvalue weighted by Gasteiger charge is -2.14. The second kappa shape index (κ2) is 5.49. The molecule has 0 amide bonds. The Labute approximate surface area is 107 Å². The minimum Gasteiger partial charge on any atom is -0.396 e. The van der Waals surface area contributed by atoms with E-state index in [-0.39, 0.29) is 16.6 Å². The predicted molar refractivity (Wildman–Crippen MR) is 70.1 cm³/mol. The first-order chi connectivity index (χ1) is 8.27. The number of rotatable bonds is 5. The molecule has 0 aliphatic rings. The lowest BCUT2D eigenvalue weighted by molar-refractivity contribution is 0.561. The Morgan fingerprint density at radius 3 is 2.72 bits per heavy atom. The Morgan fingerprint density at radius 2 is 2.17 bits per heavy atom. The van der Waals surface area contributed by atoms with Crippen molar-refractivity contribution in [2.75, 3.05) is 5.73 Å². The summed E-state index contributed by atoms with van der Waals surface area (Å²) in [7, 11) is -3.70. The SMILES string of the molecule is C=CCC(C)NS(=O)(=O)c1cc(N)c(F)cc1C. The Hall–Kier alpha value is -1.40. The van der Waals surface area contributed by atoms with E-state index in [1.165, 1.54) is 6.92 Å². The third-order valence-corrected chi connectivity index (χ3v) is 4.19. The van der Waals surface area contributed by atoms with Gasteiger partial charge in [-0.25, -0.2) is 17.5 Å². The average molecular weight is 272 g/mol. The van der Waals surface area contributed by atoms with E-state index in [1.807, 2.05) is 0 Å². The van der Waals surface area contributed by atoms with Gasteiger partial charge in [0.2, 0.25) is 10.0 Å². The van der Waals surface area contributed by atoms with Gasteiger partial charge in [0.05, 0.1) is 10.6 Å². The van der Waals surface area contributed by atoms with Gasteiger partial charge in [-0.15, -0.1) is 6.58 Å². The second-order valence-electron chi connectivity index (χ2n) is 4.19. The first kappa shape index (κ1) is 14.7. The summed E-state index contributed by atoms with van der Waals surface area (Å²) >= 11 is 0. The topological polar surface area (TPSA) is 72.2 Å². The number of nitrogens with two attached hydrogens (primary N) is 1. The maximum atomic E-state index is 13.2. The highest BCUT2D eigenvalue weighted by Gasteiger charge is 2.20. The molecule has 0 heterocycles. The van der Waals surface area contributed by atoms with E-state index in [2.05, 4.69) is 11.3 Å². The Bertz CT molecular complexity index is 555. The van der Waals surface area contributed by atoms with Crippen molar-refractivity contribution in [1.29, 1.82) is 0 Å². The van der Waals surface area contributed by atoms with Crippen LogP contribution in [0.15, 0.2) is 29.7 Å². The van der Waals surface area contributed by atoms with E-state index < -0.39 is 15.8 Å². The summed E-state index contributed by atoms with van der Waals surface area (Å²) in [6.07, 6.45) is 2.13. The van der Waals surface area contributed by atoms with Crippen LogP contribution in [-0.4, -0.2) is 14.5 Å². The molecule has 3 N–H and O–H groups in total. The molecule has 1 unspecified atom stereocenters. The molecule has 0 aromatic heterocycles. The molecule has 1 aromatic carbocycles. The monoisotopic (exact) mass is 272 g/mol. The van der Waals surface area contributed by atoms with Gasteiger partial charge in [-0.2, -0.15) is 0 Å². The smallest absolute Gasteiger partial charge is 0.241 e. The molecule has 0 aliphatic heterocycles. The second-order valence-corrected chi connectivity index (χ2v) is 5.87. The van der Waals surface area contributed by atoms with Gasteiger partial charge in [0.15, 0.2) is 0 Å². The number of aryl methyl sites for hydroxylation is 1. The lowest BCUT2D eigenvalue weighted by atomic mass is 10.2. The number of sulfonamides is 1. The molecule has 100 valence electrons.